The summed E-state index contributed by atoms with van der Waals surface area (Å²) in [6.45, 7) is 5.41. The van der Waals surface area contributed by atoms with Crippen molar-refractivity contribution in [3.05, 3.63) is 35.4 Å². The molecule has 0 bridgehead atoms. The molecule has 5 nitrogen and oxygen atoms in total. The Labute approximate surface area is 158 Å². The van der Waals surface area contributed by atoms with Gasteiger partial charge in [0.1, 0.15) is 11.6 Å². The second-order valence-corrected chi connectivity index (χ2v) is 7.13. The molecule has 1 spiro atoms. The molecular formula is C20H27F2NO4. The molecule has 0 radical (unpaired) electrons. The molecule has 2 aliphatic rings. The van der Waals surface area contributed by atoms with Gasteiger partial charge in [-0.25, -0.2) is 8.78 Å². The summed E-state index contributed by atoms with van der Waals surface area (Å²) < 4.78 is 44.2. The van der Waals surface area contributed by atoms with E-state index in [2.05, 4.69) is 0 Å². The summed E-state index contributed by atoms with van der Waals surface area (Å²) in [4.78, 5) is 14.2. The van der Waals surface area contributed by atoms with Crippen LogP contribution in [0.25, 0.3) is 0 Å². The first-order valence-electron chi connectivity index (χ1n) is 9.60. The minimum absolute atomic E-state index is 0.0888. The van der Waals surface area contributed by atoms with Crippen LogP contribution in [0.2, 0.25) is 0 Å². The van der Waals surface area contributed by atoms with Crippen LogP contribution in [0.3, 0.4) is 0 Å². The van der Waals surface area contributed by atoms with Gasteiger partial charge in [-0.05, 0) is 38.3 Å². The van der Waals surface area contributed by atoms with E-state index in [1.807, 2.05) is 6.92 Å². The molecule has 2 fully saturated rings. The Morgan fingerprint density at radius 3 is 2.78 bits per heavy atom. The Morgan fingerprint density at radius 1 is 1.30 bits per heavy atom. The molecule has 1 aromatic rings. The number of hydrogen-bond acceptors (Lipinski definition) is 4. The van der Waals surface area contributed by atoms with Crippen LogP contribution in [0.4, 0.5) is 8.78 Å². The Bertz CT molecular complexity index is 647. The number of hydrogen-bond donors (Lipinski definition) is 0. The van der Waals surface area contributed by atoms with E-state index in [0.717, 1.165) is 25.0 Å². The van der Waals surface area contributed by atoms with Crippen LogP contribution in [-0.2, 0) is 14.2 Å². The van der Waals surface area contributed by atoms with Crippen LogP contribution in [0, 0.1) is 11.6 Å². The molecule has 0 N–H and O–H groups in total. The fraction of sp³-hybridized carbons (Fsp3) is 0.650. The lowest BCUT2D eigenvalue weighted by Crippen LogP contribution is -2.52. The maximum Gasteiger partial charge on any atom is 0.256 e. The van der Waals surface area contributed by atoms with Gasteiger partial charge in [0.2, 0.25) is 0 Å². The SMILES string of the molecule is CCOCCOC1CCOC2(CCN(C(=O)c3ccc(F)cc3F)CC2)C1. The summed E-state index contributed by atoms with van der Waals surface area (Å²) in [5, 5.41) is 0. The fourth-order valence-corrected chi connectivity index (χ4v) is 3.84. The maximum atomic E-state index is 13.9. The minimum atomic E-state index is -0.822. The van der Waals surface area contributed by atoms with Gasteiger partial charge in [0.15, 0.2) is 0 Å². The predicted octanol–water partition coefficient (Wildman–Crippen LogP) is 3.17. The molecule has 1 unspecified atom stereocenters. The first-order valence-corrected chi connectivity index (χ1v) is 9.60. The zero-order valence-electron chi connectivity index (χ0n) is 15.7. The Kier molecular flexibility index (Phi) is 6.78. The van der Waals surface area contributed by atoms with Crippen molar-refractivity contribution < 1.29 is 27.8 Å². The molecule has 7 heteroatoms. The third-order valence-electron chi connectivity index (χ3n) is 5.36. The lowest BCUT2D eigenvalue weighted by Gasteiger charge is -2.46. The number of amides is 1. The van der Waals surface area contributed by atoms with Crippen molar-refractivity contribution in [1.82, 2.24) is 4.90 Å². The molecule has 2 saturated heterocycles. The summed E-state index contributed by atoms with van der Waals surface area (Å²) in [6, 6.07) is 3.06. The quantitative estimate of drug-likeness (QED) is 0.708. The van der Waals surface area contributed by atoms with Crippen molar-refractivity contribution in [1.29, 1.82) is 0 Å². The molecule has 1 atom stereocenters. The molecular weight excluding hydrogens is 356 g/mol. The molecule has 0 aliphatic carbocycles. The summed E-state index contributed by atoms with van der Waals surface area (Å²) in [7, 11) is 0. The third kappa shape index (κ3) is 5.03. The number of ether oxygens (including phenoxy) is 3. The lowest BCUT2D eigenvalue weighted by molar-refractivity contribution is -0.155. The second-order valence-electron chi connectivity index (χ2n) is 7.13. The van der Waals surface area contributed by atoms with Crippen LogP contribution < -0.4 is 0 Å². The Morgan fingerprint density at radius 2 is 2.07 bits per heavy atom. The average Bonchev–Trinajstić information content (AvgIpc) is 2.66. The zero-order chi connectivity index (χ0) is 19.3. The van der Waals surface area contributed by atoms with E-state index >= 15 is 0 Å². The van der Waals surface area contributed by atoms with E-state index in [-0.39, 0.29) is 17.3 Å². The first kappa shape index (κ1) is 20.2. The average molecular weight is 383 g/mol. The van der Waals surface area contributed by atoms with Gasteiger partial charge in [0.25, 0.3) is 5.91 Å². The highest BCUT2D eigenvalue weighted by Crippen LogP contribution is 2.36. The molecule has 1 amide bonds. The van der Waals surface area contributed by atoms with Gasteiger partial charge in [-0.2, -0.15) is 0 Å². The number of carbonyl (C=O) groups is 1. The molecule has 1 aromatic carbocycles. The van der Waals surface area contributed by atoms with Crippen molar-refractivity contribution in [3.63, 3.8) is 0 Å². The van der Waals surface area contributed by atoms with E-state index in [9.17, 15) is 13.6 Å². The summed E-state index contributed by atoms with van der Waals surface area (Å²) in [6.07, 6.45) is 3.17. The van der Waals surface area contributed by atoms with E-state index in [0.29, 0.717) is 52.4 Å². The van der Waals surface area contributed by atoms with Crippen molar-refractivity contribution in [2.45, 2.75) is 44.3 Å². The number of likely N-dealkylation sites (tertiary alicyclic amines) is 1. The van der Waals surface area contributed by atoms with Gasteiger partial charge in [0.05, 0.1) is 30.5 Å². The number of carbonyl (C=O) groups excluding carboxylic acids is 1. The van der Waals surface area contributed by atoms with Crippen LogP contribution in [0.5, 0.6) is 0 Å². The van der Waals surface area contributed by atoms with Crippen LogP contribution in [0.1, 0.15) is 43.0 Å². The number of piperidine rings is 1. The topological polar surface area (TPSA) is 48.0 Å². The molecule has 150 valence electrons. The normalized spacial score (nSPS) is 22.2. The number of benzene rings is 1. The lowest BCUT2D eigenvalue weighted by atomic mass is 9.83. The standard InChI is InChI=1S/C20H27F2NO4/c1-2-25-11-12-26-16-5-10-27-20(14-16)6-8-23(9-7-20)19(24)17-4-3-15(21)13-18(17)22/h3-4,13,16H,2,5-12,14H2,1H3. The van der Waals surface area contributed by atoms with Gasteiger partial charge < -0.3 is 19.1 Å². The van der Waals surface area contributed by atoms with Crippen LogP contribution in [-0.4, -0.2) is 62.0 Å². The number of rotatable bonds is 6. The predicted molar refractivity (Wildman–Crippen MR) is 95.6 cm³/mol. The zero-order valence-corrected chi connectivity index (χ0v) is 15.7. The van der Waals surface area contributed by atoms with Crippen LogP contribution >= 0.6 is 0 Å². The Hall–Kier alpha value is -1.57. The van der Waals surface area contributed by atoms with Gasteiger partial charge in [-0.3, -0.25) is 4.79 Å². The van der Waals surface area contributed by atoms with E-state index < -0.39 is 17.5 Å². The summed E-state index contributed by atoms with van der Waals surface area (Å²) in [5.41, 5.74) is -0.374. The van der Waals surface area contributed by atoms with E-state index in [4.69, 9.17) is 14.2 Å². The molecule has 2 heterocycles. The summed E-state index contributed by atoms with van der Waals surface area (Å²) in [5.74, 6) is -1.91. The Balaban J connectivity index is 1.53. The number of nitrogens with zero attached hydrogens (tertiary/aromatic N) is 1. The summed E-state index contributed by atoms with van der Waals surface area (Å²) >= 11 is 0. The largest absolute Gasteiger partial charge is 0.379 e. The molecule has 3 rings (SSSR count). The second kappa shape index (κ2) is 9.08. The van der Waals surface area contributed by atoms with E-state index in [1.165, 1.54) is 6.07 Å². The molecule has 27 heavy (non-hydrogen) atoms. The fourth-order valence-electron chi connectivity index (χ4n) is 3.84. The smallest absolute Gasteiger partial charge is 0.256 e. The third-order valence-corrected chi connectivity index (χ3v) is 5.36. The van der Waals surface area contributed by atoms with Gasteiger partial charge in [-0.1, -0.05) is 0 Å². The maximum absolute atomic E-state index is 13.9. The van der Waals surface area contributed by atoms with E-state index in [1.54, 1.807) is 4.90 Å². The van der Waals surface area contributed by atoms with Crippen molar-refractivity contribution in [3.8, 4) is 0 Å². The van der Waals surface area contributed by atoms with Gasteiger partial charge >= 0.3 is 0 Å². The van der Waals surface area contributed by atoms with Crippen molar-refractivity contribution in [2.75, 3.05) is 39.5 Å². The first-order chi connectivity index (χ1) is 13.0. The number of halogens is 2. The van der Waals surface area contributed by atoms with Crippen molar-refractivity contribution >= 4 is 5.91 Å². The minimum Gasteiger partial charge on any atom is -0.379 e. The van der Waals surface area contributed by atoms with Crippen LogP contribution in [0.15, 0.2) is 18.2 Å². The molecule has 0 aromatic heterocycles. The molecule has 0 saturated carbocycles. The van der Waals surface area contributed by atoms with Gasteiger partial charge in [-0.15, -0.1) is 0 Å². The van der Waals surface area contributed by atoms with Gasteiger partial charge in [0, 0.05) is 38.8 Å². The highest BCUT2D eigenvalue weighted by atomic mass is 19.1. The highest BCUT2D eigenvalue weighted by molar-refractivity contribution is 5.94. The van der Waals surface area contributed by atoms with Crippen molar-refractivity contribution in [2.24, 2.45) is 0 Å². The monoisotopic (exact) mass is 383 g/mol. The molecule has 2 aliphatic heterocycles. The highest BCUT2D eigenvalue weighted by Gasteiger charge is 2.41.